The van der Waals surface area contributed by atoms with Crippen LogP contribution in [0.4, 0.5) is 21.5 Å². The summed E-state index contributed by atoms with van der Waals surface area (Å²) in [6, 6.07) is 65.9. The highest BCUT2D eigenvalue weighted by atomic mass is 79.9. The second-order valence-corrected chi connectivity index (χ2v) is 30.4. The van der Waals surface area contributed by atoms with Crippen molar-refractivity contribution in [2.24, 2.45) is 5.73 Å². The van der Waals surface area contributed by atoms with E-state index in [0.717, 1.165) is 130 Å². The van der Waals surface area contributed by atoms with Crippen LogP contribution in [0.15, 0.2) is 246 Å². The van der Waals surface area contributed by atoms with Crippen molar-refractivity contribution in [3.05, 3.63) is 296 Å². The van der Waals surface area contributed by atoms with Gasteiger partial charge in [-0.25, -0.2) is 38.7 Å². The normalized spacial score (nSPS) is 15.2. The molecule has 4 aliphatic rings. The number of aromatic nitrogens is 4. The van der Waals surface area contributed by atoms with Gasteiger partial charge in [0.2, 0.25) is 23.5 Å². The highest BCUT2D eigenvalue weighted by molar-refractivity contribution is 9.10. The number of anilines is 3. The number of ether oxygens (including phenoxy) is 7. The molecule has 8 N–H and O–H groups in total. The van der Waals surface area contributed by atoms with Gasteiger partial charge in [0.15, 0.2) is 0 Å². The first-order valence-electron chi connectivity index (χ1n) is 39.9. The van der Waals surface area contributed by atoms with Crippen LogP contribution in [0.2, 0.25) is 0 Å². The van der Waals surface area contributed by atoms with Crippen LogP contribution in [0.5, 0.6) is 23.5 Å². The number of esters is 3. The number of carbonyl (C=O) groups is 4. The maximum Gasteiger partial charge on any atom is 0.488 e. The number of benzene rings is 7. The summed E-state index contributed by atoms with van der Waals surface area (Å²) in [4.78, 5) is 72.0. The Hall–Kier alpha value is -11.4. The van der Waals surface area contributed by atoms with Crippen molar-refractivity contribution in [3.8, 4) is 45.8 Å². The Morgan fingerprint density at radius 1 is 0.463 bits per heavy atom. The van der Waals surface area contributed by atoms with Gasteiger partial charge in [0.25, 0.3) is 5.91 Å². The minimum Gasteiger partial charge on any atom is -0.473 e. The number of carbonyl (C=O) groups excluding carboxylic acids is 4. The minimum absolute atomic E-state index is 0. The molecule has 4 aliphatic heterocycles. The summed E-state index contributed by atoms with van der Waals surface area (Å²) in [5.41, 5.74) is 18.1. The van der Waals surface area contributed by atoms with Gasteiger partial charge in [-0.15, -0.1) is 12.4 Å². The SMILES string of the molecule is COC(=O)c1cc(-c2ccccc2)ccc1N1CC[C@H](Oc2ccc(C)cn2)C1.COC(=O)c1cc(Br)ccc1F.COC(=O)c1cc(Br)ccc1N1CC[C@H](Oc2ccc(C)cn2)C1.Cc1ccc(O[C@H]2CCN(c3ccc(-c4ccccc4)cc3C(=O)NCCO)C2)nc1.Cc1ccc(O[C@H]2CCNC2)nc1.Cl.NCCO.OB(O)c1ccccc1. The van der Waals surface area contributed by atoms with E-state index in [1.807, 2.05) is 198 Å². The Morgan fingerprint density at radius 3 is 1.18 bits per heavy atom. The molecule has 15 rings (SSSR count). The lowest BCUT2D eigenvalue weighted by molar-refractivity contribution is 0.0588. The fourth-order valence-corrected chi connectivity index (χ4v) is 13.8. The molecule has 4 saturated heterocycles. The monoisotopic (exact) mass is 1820 g/mol. The summed E-state index contributed by atoms with van der Waals surface area (Å²) in [5.74, 6) is 0.520. The van der Waals surface area contributed by atoms with E-state index < -0.39 is 18.9 Å². The molecule has 648 valence electrons. The summed E-state index contributed by atoms with van der Waals surface area (Å²) >= 11 is 6.52. The summed E-state index contributed by atoms with van der Waals surface area (Å²) in [5, 5.41) is 40.1. The topological polar surface area (TPSA) is 325 Å². The lowest BCUT2D eigenvalue weighted by atomic mass is 9.81. The van der Waals surface area contributed by atoms with Crippen LogP contribution in [0, 0.1) is 33.5 Å². The number of nitrogens with zero attached hydrogens (tertiary/aromatic N) is 7. The van der Waals surface area contributed by atoms with E-state index in [1.54, 1.807) is 48.9 Å². The average Bonchev–Trinajstić information content (AvgIpc) is 1.38. The van der Waals surface area contributed by atoms with Gasteiger partial charge in [-0.2, -0.15) is 0 Å². The number of rotatable bonds is 21. The molecule has 1 amide bonds. The second kappa shape index (κ2) is 50.9. The van der Waals surface area contributed by atoms with E-state index in [1.165, 1.54) is 39.5 Å². The van der Waals surface area contributed by atoms with Crippen LogP contribution < -0.4 is 55.5 Å². The average molecular weight is 1830 g/mol. The van der Waals surface area contributed by atoms with Crippen molar-refractivity contribution in [2.75, 3.05) is 115 Å². The van der Waals surface area contributed by atoms with Gasteiger partial charge in [0.05, 0.1) is 87.8 Å². The van der Waals surface area contributed by atoms with Crippen molar-refractivity contribution in [1.29, 1.82) is 0 Å². The quantitative estimate of drug-likeness (QED) is 0.0200. The van der Waals surface area contributed by atoms with Crippen molar-refractivity contribution < 1.29 is 77.0 Å². The third-order valence-electron chi connectivity index (χ3n) is 19.3. The Labute approximate surface area is 740 Å². The zero-order valence-corrected chi connectivity index (χ0v) is 73.7. The number of aryl methyl sites for hydroxylation is 4. The number of nitrogens with one attached hydrogen (secondary N) is 2. The number of aliphatic hydroxyl groups excluding tert-OH is 2. The highest BCUT2D eigenvalue weighted by Gasteiger charge is 2.32. The Morgan fingerprint density at radius 2 is 0.821 bits per heavy atom. The third kappa shape index (κ3) is 30.9. The first-order chi connectivity index (χ1) is 59.0. The molecule has 123 heavy (non-hydrogen) atoms. The zero-order valence-electron chi connectivity index (χ0n) is 69.7. The largest absolute Gasteiger partial charge is 0.488 e. The fourth-order valence-electron chi connectivity index (χ4n) is 13.0. The number of amides is 1. The van der Waals surface area contributed by atoms with Crippen LogP contribution in [0.3, 0.4) is 0 Å². The first-order valence-corrected chi connectivity index (χ1v) is 41.5. The Bertz CT molecular complexity index is 5070. The van der Waals surface area contributed by atoms with E-state index in [0.29, 0.717) is 76.5 Å². The molecule has 7 aromatic carbocycles. The Balaban J connectivity index is 0.000000190. The van der Waals surface area contributed by atoms with E-state index in [4.69, 9.17) is 54.4 Å². The standard InChI is InChI=1S/C25H27N3O3.C24H24N2O3.C18H19BrN2O3.C10H14N2O.C8H6BrFO2.C6H7BO2.C2H7NO.ClH/c1-18-7-10-24(27-16-18)31-21-11-13-28(17-21)23-9-8-20(19-5-3-2-4-6-19)15-22(23)25(30)26-12-14-29;1-17-8-11-23(25-15-17)29-20-12-13-26(16-20)22-10-9-19(14-21(22)24(27)28-2)18-6-4-3-5-7-18;1-12-3-6-17(20-10-12)24-14-7-8-21(11-14)16-5-4-13(19)9-15(16)18(22)23-2;1-8-2-3-10(12-6-8)13-9-4-5-11-7-9;1-12-8(11)6-4-5(9)2-3-7(6)10;8-7(9)6-4-2-1-3-5-6;3-1-2-4;/h2-10,15-16,21,29H,11-14,17H2,1H3,(H,26,30);3-11,14-15,20H,12-13,16H2,1-2H3;3-6,9-10,14H,7-8,11H2,1-2H3;2-3,6,9,11H,4-5,7H2,1H3;2-4H,1H3;1-5,8-9H;4H,1-3H2;1H/t21-;20-;14-;9-;;;;/m0000..../s1. The molecule has 30 heteroatoms. The molecule has 0 unspecified atom stereocenters. The molecule has 0 aliphatic carbocycles. The number of methoxy groups -OCH3 is 3. The number of aliphatic hydroxyl groups is 2. The third-order valence-corrected chi connectivity index (χ3v) is 20.3. The molecule has 0 bridgehead atoms. The summed E-state index contributed by atoms with van der Waals surface area (Å²) in [6.07, 6.45) is 11.3. The van der Waals surface area contributed by atoms with Gasteiger partial charge in [-0.3, -0.25) is 4.79 Å². The van der Waals surface area contributed by atoms with Gasteiger partial charge >= 0.3 is 25.0 Å². The molecule has 11 aromatic rings. The van der Waals surface area contributed by atoms with E-state index in [9.17, 15) is 23.6 Å². The van der Waals surface area contributed by atoms with Crippen molar-refractivity contribution in [1.82, 2.24) is 30.6 Å². The summed E-state index contributed by atoms with van der Waals surface area (Å²) < 4.78 is 52.4. The molecule has 4 aromatic heterocycles. The van der Waals surface area contributed by atoms with Crippen LogP contribution in [0.25, 0.3) is 22.3 Å². The van der Waals surface area contributed by atoms with Gasteiger partial charge in [-0.05, 0) is 151 Å². The van der Waals surface area contributed by atoms with Crippen molar-refractivity contribution in [3.63, 3.8) is 0 Å². The van der Waals surface area contributed by atoms with Crippen LogP contribution in [-0.4, -0.2) is 196 Å². The Kier molecular flexibility index (Phi) is 40.2. The second-order valence-electron chi connectivity index (χ2n) is 28.6. The van der Waals surface area contributed by atoms with E-state index in [2.05, 4.69) is 81.9 Å². The predicted octanol–water partition coefficient (Wildman–Crippen LogP) is 13.8. The van der Waals surface area contributed by atoms with Gasteiger partial charge in [-0.1, -0.05) is 159 Å². The maximum atomic E-state index is 12.9. The predicted molar refractivity (Wildman–Crippen MR) is 487 cm³/mol. The maximum absolute atomic E-state index is 12.9. The first kappa shape index (κ1) is 97.1. The molecule has 8 heterocycles. The van der Waals surface area contributed by atoms with Crippen LogP contribution in [-0.2, 0) is 14.2 Å². The van der Waals surface area contributed by atoms with Crippen LogP contribution in [0.1, 0.15) is 89.4 Å². The van der Waals surface area contributed by atoms with Gasteiger partial charge in [0.1, 0.15) is 30.2 Å². The fraction of sp³-hybridized carbons (Fsp3) is 0.290. The van der Waals surface area contributed by atoms with E-state index >= 15 is 0 Å². The molecule has 4 atom stereocenters. The molecular weight excluding hydrogens is 1720 g/mol. The summed E-state index contributed by atoms with van der Waals surface area (Å²) in [6.45, 7) is 15.1. The molecule has 0 radical (unpaired) electrons. The lowest BCUT2D eigenvalue weighted by Crippen LogP contribution is -2.30. The number of hydrogen-bond donors (Lipinski definition) is 7. The van der Waals surface area contributed by atoms with Crippen LogP contribution >= 0.6 is 44.3 Å². The smallest absolute Gasteiger partial charge is 0.473 e. The highest BCUT2D eigenvalue weighted by Crippen LogP contribution is 2.35. The lowest BCUT2D eigenvalue weighted by Gasteiger charge is -2.22. The molecule has 25 nitrogen and oxygen atoms in total. The summed E-state index contributed by atoms with van der Waals surface area (Å²) in [7, 11) is 2.68. The minimum atomic E-state index is -1.34. The molecular formula is C93H105BBr2ClFN10O15. The van der Waals surface area contributed by atoms with Crippen molar-refractivity contribution >= 4 is 97.7 Å². The zero-order chi connectivity index (χ0) is 87.3. The van der Waals surface area contributed by atoms with Crippen molar-refractivity contribution in [2.45, 2.75) is 77.8 Å². The number of halogens is 4. The number of nitrogens with two attached hydrogens (primary N) is 1. The van der Waals surface area contributed by atoms with Gasteiger partial charge < -0.3 is 84.5 Å². The number of pyridine rings is 4. The molecule has 4 fully saturated rings. The molecule has 0 spiro atoms. The van der Waals surface area contributed by atoms with Gasteiger partial charge in [0, 0.05) is 122 Å². The molecule has 0 saturated carbocycles. The number of hydrogen-bond acceptors (Lipinski definition) is 24. The van der Waals surface area contributed by atoms with E-state index in [-0.39, 0.29) is 73.9 Å².